The summed E-state index contributed by atoms with van der Waals surface area (Å²) in [6.07, 6.45) is 5.33. The Balaban J connectivity index is 1.49. The maximum Gasteiger partial charge on any atom is 0.185 e. The molecule has 4 aromatic rings. The van der Waals surface area contributed by atoms with Crippen molar-refractivity contribution in [2.45, 2.75) is 13.8 Å². The summed E-state index contributed by atoms with van der Waals surface area (Å²) < 4.78 is 1.69. The van der Waals surface area contributed by atoms with E-state index >= 15 is 0 Å². The molecule has 0 saturated heterocycles. The third-order valence-corrected chi connectivity index (χ3v) is 5.41. The average Bonchev–Trinajstić information content (AvgIpc) is 3.35. The van der Waals surface area contributed by atoms with Crippen LogP contribution in [0.25, 0.3) is 23.0 Å². The molecule has 5 heteroatoms. The molecular weight excluding hydrogens is 396 g/mol. The van der Waals surface area contributed by atoms with Gasteiger partial charge in [-0.15, -0.1) is 5.10 Å². The summed E-state index contributed by atoms with van der Waals surface area (Å²) in [5.41, 5.74) is 5.37. The van der Waals surface area contributed by atoms with Crippen LogP contribution in [0.1, 0.15) is 29.8 Å². The average molecular weight is 423 g/mol. The van der Waals surface area contributed by atoms with Gasteiger partial charge < -0.3 is 4.90 Å². The van der Waals surface area contributed by atoms with Gasteiger partial charge in [-0.3, -0.25) is 4.79 Å². The van der Waals surface area contributed by atoms with E-state index in [4.69, 9.17) is 0 Å². The number of benzene rings is 3. The molecule has 0 bridgehead atoms. The van der Waals surface area contributed by atoms with Crippen molar-refractivity contribution in [2.75, 3.05) is 18.0 Å². The minimum Gasteiger partial charge on any atom is -0.372 e. The summed E-state index contributed by atoms with van der Waals surface area (Å²) in [7, 11) is 0. The zero-order valence-corrected chi connectivity index (χ0v) is 18.3. The lowest BCUT2D eigenvalue weighted by Gasteiger charge is -2.20. The highest BCUT2D eigenvalue weighted by molar-refractivity contribution is 6.07. The molecule has 32 heavy (non-hydrogen) atoms. The molecule has 0 N–H and O–H groups in total. The van der Waals surface area contributed by atoms with Crippen LogP contribution in [-0.2, 0) is 0 Å². The van der Waals surface area contributed by atoms with Crippen molar-refractivity contribution in [1.82, 2.24) is 15.0 Å². The second kappa shape index (κ2) is 9.88. The molecule has 4 rings (SSSR count). The summed E-state index contributed by atoms with van der Waals surface area (Å²) in [6, 6.07) is 25.6. The maximum absolute atomic E-state index is 12.8. The highest BCUT2D eigenvalue weighted by Crippen LogP contribution is 2.19. The van der Waals surface area contributed by atoms with Crippen LogP contribution >= 0.6 is 0 Å². The summed E-state index contributed by atoms with van der Waals surface area (Å²) in [4.78, 5) is 15.0. The van der Waals surface area contributed by atoms with Crippen molar-refractivity contribution in [2.24, 2.45) is 0 Å². The topological polar surface area (TPSA) is 51.0 Å². The van der Waals surface area contributed by atoms with Crippen LogP contribution in [0.2, 0.25) is 0 Å². The largest absolute Gasteiger partial charge is 0.372 e. The second-order valence-corrected chi connectivity index (χ2v) is 7.43. The first-order chi connectivity index (χ1) is 15.7. The van der Waals surface area contributed by atoms with Gasteiger partial charge in [-0.25, -0.2) is 4.68 Å². The molecule has 160 valence electrons. The van der Waals surface area contributed by atoms with Crippen LogP contribution in [0.3, 0.4) is 0 Å². The van der Waals surface area contributed by atoms with E-state index in [-0.39, 0.29) is 5.78 Å². The van der Waals surface area contributed by atoms with Crippen molar-refractivity contribution >= 4 is 17.5 Å². The Morgan fingerprint density at radius 1 is 0.938 bits per heavy atom. The van der Waals surface area contributed by atoms with E-state index < -0.39 is 0 Å². The minimum atomic E-state index is -0.0527. The maximum atomic E-state index is 12.8. The van der Waals surface area contributed by atoms with Crippen LogP contribution in [0.15, 0.2) is 91.1 Å². The Morgan fingerprint density at radius 3 is 2.41 bits per heavy atom. The SMILES string of the molecule is CCN(CC)c1ccc(/C=C/C(=O)c2cccc(-n3cc(-c4ccccc4)nn3)c2)cc1. The first-order valence-electron chi connectivity index (χ1n) is 10.8. The fraction of sp³-hybridized carbons (Fsp3) is 0.148. The van der Waals surface area contributed by atoms with Gasteiger partial charge in [0.25, 0.3) is 0 Å². The molecule has 0 saturated carbocycles. The first kappa shape index (κ1) is 21.2. The van der Waals surface area contributed by atoms with Gasteiger partial charge in [-0.1, -0.05) is 65.9 Å². The molecule has 1 aromatic heterocycles. The van der Waals surface area contributed by atoms with Crippen LogP contribution in [0.5, 0.6) is 0 Å². The molecule has 0 amide bonds. The molecule has 0 aliphatic heterocycles. The highest BCUT2D eigenvalue weighted by Gasteiger charge is 2.08. The molecule has 1 heterocycles. The number of anilines is 1. The lowest BCUT2D eigenvalue weighted by molar-refractivity contribution is 0.104. The predicted octanol–water partition coefficient (Wildman–Crippen LogP) is 5.68. The number of nitrogens with zero attached hydrogens (tertiary/aromatic N) is 4. The van der Waals surface area contributed by atoms with Gasteiger partial charge in [0.2, 0.25) is 0 Å². The van der Waals surface area contributed by atoms with E-state index in [0.717, 1.165) is 35.6 Å². The lowest BCUT2D eigenvalue weighted by atomic mass is 10.1. The van der Waals surface area contributed by atoms with Crippen molar-refractivity contribution < 1.29 is 4.79 Å². The Morgan fingerprint density at radius 2 is 1.69 bits per heavy atom. The number of ketones is 1. The monoisotopic (exact) mass is 422 g/mol. The molecule has 0 aliphatic rings. The van der Waals surface area contributed by atoms with Gasteiger partial charge in [0.05, 0.1) is 11.9 Å². The van der Waals surface area contributed by atoms with Crippen LogP contribution < -0.4 is 4.90 Å². The molecule has 3 aromatic carbocycles. The van der Waals surface area contributed by atoms with E-state index in [0.29, 0.717) is 5.56 Å². The van der Waals surface area contributed by atoms with Crippen LogP contribution in [0.4, 0.5) is 5.69 Å². The lowest BCUT2D eigenvalue weighted by Crippen LogP contribution is -2.21. The van der Waals surface area contributed by atoms with Crippen LogP contribution in [0, 0.1) is 0 Å². The predicted molar refractivity (Wildman–Crippen MR) is 130 cm³/mol. The fourth-order valence-corrected chi connectivity index (χ4v) is 3.59. The molecule has 0 spiro atoms. The Hall–Kier alpha value is -3.99. The Bertz CT molecular complexity index is 1210. The van der Waals surface area contributed by atoms with Gasteiger partial charge in [0, 0.05) is 29.9 Å². The van der Waals surface area contributed by atoms with E-state index in [2.05, 4.69) is 41.2 Å². The zero-order valence-electron chi connectivity index (χ0n) is 18.3. The number of carbonyl (C=O) groups excluding carboxylic acids is 1. The zero-order chi connectivity index (χ0) is 22.3. The molecule has 0 aliphatic carbocycles. The fourth-order valence-electron chi connectivity index (χ4n) is 3.59. The highest BCUT2D eigenvalue weighted by atomic mass is 16.1. The standard InChI is InChI=1S/C27H26N4O/c1-3-30(4-2)24-16-13-21(14-17-24)15-18-27(32)23-11-8-12-25(19-23)31-20-26(28-29-31)22-9-6-5-7-10-22/h5-20H,3-4H2,1-2H3/b18-15+. The second-order valence-electron chi connectivity index (χ2n) is 7.43. The van der Waals surface area contributed by atoms with Crippen molar-refractivity contribution in [3.8, 4) is 16.9 Å². The molecular formula is C27H26N4O. The minimum absolute atomic E-state index is 0.0527. The van der Waals surface area contributed by atoms with Crippen molar-refractivity contribution in [1.29, 1.82) is 0 Å². The quantitative estimate of drug-likeness (QED) is 0.271. The number of hydrogen-bond donors (Lipinski definition) is 0. The molecule has 0 fully saturated rings. The van der Waals surface area contributed by atoms with Gasteiger partial charge in [-0.05, 0) is 49.8 Å². The van der Waals surface area contributed by atoms with Gasteiger partial charge >= 0.3 is 0 Å². The summed E-state index contributed by atoms with van der Waals surface area (Å²) in [5.74, 6) is -0.0527. The normalized spacial score (nSPS) is 11.1. The Kier molecular flexibility index (Phi) is 6.56. The summed E-state index contributed by atoms with van der Waals surface area (Å²) in [5, 5.41) is 8.48. The number of hydrogen-bond acceptors (Lipinski definition) is 4. The third-order valence-electron chi connectivity index (χ3n) is 5.41. The molecule has 0 unspecified atom stereocenters. The van der Waals surface area contributed by atoms with E-state index in [1.807, 2.05) is 79.0 Å². The molecule has 0 atom stereocenters. The summed E-state index contributed by atoms with van der Waals surface area (Å²) >= 11 is 0. The number of allylic oxidation sites excluding steroid dienone is 1. The number of rotatable bonds is 8. The van der Waals surface area contributed by atoms with Crippen LogP contribution in [-0.4, -0.2) is 33.9 Å². The van der Waals surface area contributed by atoms with E-state index in [1.165, 1.54) is 5.69 Å². The van der Waals surface area contributed by atoms with E-state index in [9.17, 15) is 4.79 Å². The number of carbonyl (C=O) groups is 1. The number of aromatic nitrogens is 3. The van der Waals surface area contributed by atoms with Gasteiger partial charge in [-0.2, -0.15) is 0 Å². The smallest absolute Gasteiger partial charge is 0.185 e. The molecule has 0 radical (unpaired) electrons. The van der Waals surface area contributed by atoms with Gasteiger partial charge in [0.1, 0.15) is 5.69 Å². The van der Waals surface area contributed by atoms with Crippen molar-refractivity contribution in [3.63, 3.8) is 0 Å². The van der Waals surface area contributed by atoms with E-state index in [1.54, 1.807) is 10.8 Å². The first-order valence-corrected chi connectivity index (χ1v) is 10.8. The molecule has 5 nitrogen and oxygen atoms in total. The van der Waals surface area contributed by atoms with Gasteiger partial charge in [0.15, 0.2) is 5.78 Å². The summed E-state index contributed by atoms with van der Waals surface area (Å²) in [6.45, 7) is 6.23. The Labute approximate surface area is 188 Å². The van der Waals surface area contributed by atoms with Crippen molar-refractivity contribution in [3.05, 3.63) is 102 Å². The third kappa shape index (κ3) is 4.83.